The zero-order valence-electron chi connectivity index (χ0n) is 18.9. The first-order valence-electron chi connectivity index (χ1n) is 11.8. The molecule has 180 valence electrons. The molecule has 0 bridgehead atoms. The van der Waals surface area contributed by atoms with Gasteiger partial charge in [0.2, 0.25) is 0 Å². The molecule has 1 aliphatic rings. The van der Waals surface area contributed by atoms with Crippen LogP contribution in [0.2, 0.25) is 0 Å². The van der Waals surface area contributed by atoms with Crippen molar-refractivity contribution in [3.05, 3.63) is 24.3 Å². The normalized spacial score (nSPS) is 26.7. The van der Waals surface area contributed by atoms with E-state index in [1.807, 2.05) is 0 Å². The highest BCUT2D eigenvalue weighted by molar-refractivity contribution is 5.69. The van der Waals surface area contributed by atoms with Gasteiger partial charge in [-0.25, -0.2) is 0 Å². The summed E-state index contributed by atoms with van der Waals surface area (Å²) in [6.07, 6.45) is 14.1. The number of rotatable bonds is 16. The number of aliphatic hydroxyl groups is 4. The molecule has 0 aromatic heterocycles. The van der Waals surface area contributed by atoms with Crippen molar-refractivity contribution < 1.29 is 34.7 Å². The van der Waals surface area contributed by atoms with Crippen LogP contribution in [0.3, 0.4) is 0 Å². The number of aliphatic hydroxyl groups excluding tert-OH is 4. The van der Waals surface area contributed by atoms with Crippen molar-refractivity contribution in [2.24, 2.45) is 0 Å². The van der Waals surface area contributed by atoms with Crippen LogP contribution in [0, 0.1) is 0 Å². The average Bonchev–Trinajstić information content (AvgIpc) is 2.76. The topological polar surface area (TPSA) is 116 Å². The molecule has 7 heteroatoms. The molecule has 7 nitrogen and oxygen atoms in total. The first-order valence-corrected chi connectivity index (χ1v) is 11.8. The minimum absolute atomic E-state index is 0.182. The number of hydrogen-bond acceptors (Lipinski definition) is 7. The lowest BCUT2D eigenvalue weighted by atomic mass is 9.99. The molecule has 5 atom stereocenters. The summed E-state index contributed by atoms with van der Waals surface area (Å²) in [6, 6.07) is 0. The van der Waals surface area contributed by atoms with Crippen molar-refractivity contribution in [1.82, 2.24) is 0 Å². The molecule has 0 aliphatic carbocycles. The molecule has 1 fully saturated rings. The molecule has 1 aliphatic heterocycles. The van der Waals surface area contributed by atoms with Crippen molar-refractivity contribution in [3.63, 3.8) is 0 Å². The largest absolute Gasteiger partial charge is 0.456 e. The second-order valence-electron chi connectivity index (χ2n) is 8.16. The van der Waals surface area contributed by atoms with E-state index in [0.717, 1.165) is 38.5 Å². The Kier molecular flexibility index (Phi) is 15.5. The summed E-state index contributed by atoms with van der Waals surface area (Å²) in [5.74, 6) is -0.542. The Balaban J connectivity index is 2.05. The number of carbonyl (C=O) groups excluding carboxylic acids is 1. The fraction of sp³-hybridized carbons (Fsp3) is 0.792. The number of hydrogen-bond donors (Lipinski definition) is 4. The second-order valence-corrected chi connectivity index (χ2v) is 8.16. The Morgan fingerprint density at radius 2 is 1.48 bits per heavy atom. The fourth-order valence-electron chi connectivity index (χ4n) is 3.50. The quantitative estimate of drug-likeness (QED) is 0.165. The lowest BCUT2D eigenvalue weighted by molar-refractivity contribution is -0.289. The molecule has 1 rings (SSSR count). The third-order valence-electron chi connectivity index (χ3n) is 5.44. The summed E-state index contributed by atoms with van der Waals surface area (Å²) < 4.78 is 10.0. The van der Waals surface area contributed by atoms with Crippen LogP contribution >= 0.6 is 0 Å². The Morgan fingerprint density at radius 3 is 2.13 bits per heavy atom. The highest BCUT2D eigenvalue weighted by Crippen LogP contribution is 2.23. The van der Waals surface area contributed by atoms with E-state index >= 15 is 0 Å². The molecule has 0 spiro atoms. The molecular weight excluding hydrogens is 400 g/mol. The van der Waals surface area contributed by atoms with E-state index < -0.39 is 43.3 Å². The minimum Gasteiger partial charge on any atom is -0.456 e. The summed E-state index contributed by atoms with van der Waals surface area (Å²) in [5.41, 5.74) is 0. The van der Waals surface area contributed by atoms with Crippen molar-refractivity contribution in [1.29, 1.82) is 0 Å². The predicted octanol–water partition coefficient (Wildman–Crippen LogP) is 3.14. The van der Waals surface area contributed by atoms with Gasteiger partial charge in [0, 0.05) is 6.42 Å². The van der Waals surface area contributed by atoms with Gasteiger partial charge in [-0.15, -0.1) is 0 Å². The molecule has 1 unspecified atom stereocenters. The highest BCUT2D eigenvalue weighted by atomic mass is 16.7. The van der Waals surface area contributed by atoms with E-state index in [1.54, 1.807) is 0 Å². The second kappa shape index (κ2) is 17.3. The maximum absolute atomic E-state index is 12.0. The highest BCUT2D eigenvalue weighted by Gasteiger charge is 2.45. The van der Waals surface area contributed by atoms with Crippen molar-refractivity contribution >= 4 is 5.97 Å². The summed E-state index contributed by atoms with van der Waals surface area (Å²) in [5, 5.41) is 38.6. The van der Waals surface area contributed by atoms with Crippen LogP contribution in [-0.4, -0.2) is 63.7 Å². The van der Waals surface area contributed by atoms with Gasteiger partial charge in [0.1, 0.15) is 18.3 Å². The van der Waals surface area contributed by atoms with Gasteiger partial charge in [0.25, 0.3) is 0 Å². The van der Waals surface area contributed by atoms with Gasteiger partial charge in [-0.2, -0.15) is 0 Å². The maximum Gasteiger partial charge on any atom is 0.306 e. The molecular formula is C24H42O7. The third-order valence-corrected chi connectivity index (χ3v) is 5.44. The van der Waals surface area contributed by atoms with E-state index in [2.05, 4.69) is 31.2 Å². The van der Waals surface area contributed by atoms with E-state index in [1.165, 1.54) is 25.7 Å². The number of allylic oxidation sites excluding steroid dienone is 4. The Labute approximate surface area is 186 Å². The van der Waals surface area contributed by atoms with Gasteiger partial charge >= 0.3 is 5.97 Å². The molecule has 0 saturated carbocycles. The summed E-state index contributed by atoms with van der Waals surface area (Å²) >= 11 is 0. The van der Waals surface area contributed by atoms with Crippen LogP contribution in [0.4, 0.5) is 0 Å². The summed E-state index contributed by atoms with van der Waals surface area (Å²) in [6.45, 7) is 1.66. The fourth-order valence-corrected chi connectivity index (χ4v) is 3.50. The molecule has 31 heavy (non-hydrogen) atoms. The van der Waals surface area contributed by atoms with Crippen LogP contribution in [-0.2, 0) is 14.3 Å². The first-order chi connectivity index (χ1) is 15.0. The van der Waals surface area contributed by atoms with Gasteiger partial charge in [0.15, 0.2) is 12.4 Å². The average molecular weight is 443 g/mol. The number of ether oxygens (including phenoxy) is 2. The Bertz CT molecular complexity index is 520. The first kappa shape index (κ1) is 27.8. The maximum atomic E-state index is 12.0. The van der Waals surface area contributed by atoms with Gasteiger partial charge in [-0.1, -0.05) is 63.3 Å². The van der Waals surface area contributed by atoms with Crippen molar-refractivity contribution in [2.75, 3.05) is 6.61 Å². The molecule has 1 saturated heterocycles. The third kappa shape index (κ3) is 11.8. The van der Waals surface area contributed by atoms with Gasteiger partial charge < -0.3 is 29.9 Å². The SMILES string of the molecule is CCCCC/C=C/C/C=C/CCCCCCCC(=O)O[C@H]1[C@H](O)[C@@H](CO)OC(O)[C@@H]1O. The van der Waals surface area contributed by atoms with Gasteiger partial charge in [-0.05, 0) is 38.5 Å². The zero-order valence-corrected chi connectivity index (χ0v) is 18.9. The smallest absolute Gasteiger partial charge is 0.306 e. The molecule has 0 aromatic carbocycles. The van der Waals surface area contributed by atoms with Crippen LogP contribution in [0.1, 0.15) is 84.0 Å². The molecule has 0 aromatic rings. The van der Waals surface area contributed by atoms with Crippen LogP contribution in [0.15, 0.2) is 24.3 Å². The lowest BCUT2D eigenvalue weighted by Crippen LogP contribution is -2.59. The predicted molar refractivity (Wildman–Crippen MR) is 119 cm³/mol. The van der Waals surface area contributed by atoms with E-state index in [0.29, 0.717) is 6.42 Å². The summed E-state index contributed by atoms with van der Waals surface area (Å²) in [4.78, 5) is 12.0. The molecule has 4 N–H and O–H groups in total. The van der Waals surface area contributed by atoms with Crippen LogP contribution < -0.4 is 0 Å². The number of esters is 1. The van der Waals surface area contributed by atoms with Gasteiger partial charge in [0.05, 0.1) is 6.61 Å². The monoisotopic (exact) mass is 442 g/mol. The van der Waals surface area contributed by atoms with E-state index in [-0.39, 0.29) is 6.42 Å². The van der Waals surface area contributed by atoms with E-state index in [9.17, 15) is 20.1 Å². The Hall–Kier alpha value is -1.25. The van der Waals surface area contributed by atoms with Crippen LogP contribution in [0.5, 0.6) is 0 Å². The van der Waals surface area contributed by atoms with Crippen molar-refractivity contribution in [3.8, 4) is 0 Å². The Morgan fingerprint density at radius 1 is 0.871 bits per heavy atom. The number of unbranched alkanes of at least 4 members (excludes halogenated alkanes) is 8. The molecule has 0 radical (unpaired) electrons. The standard InChI is InChI=1S/C24H42O7/c1-2-3-4-5-6-7-8-9-10-11-12-13-14-15-16-17-20(26)31-23-21(27)19(18-25)30-24(29)22(23)28/h6-7,9-10,19,21-25,27-29H,2-5,8,11-18H2,1H3/b7-6+,10-9+/t19-,21-,22-,23+,24?/m1/s1. The van der Waals surface area contributed by atoms with Crippen LogP contribution in [0.25, 0.3) is 0 Å². The van der Waals surface area contributed by atoms with E-state index in [4.69, 9.17) is 14.6 Å². The molecule has 0 amide bonds. The zero-order chi connectivity index (χ0) is 22.9. The number of carbonyl (C=O) groups is 1. The van der Waals surface area contributed by atoms with Gasteiger partial charge in [-0.3, -0.25) is 4.79 Å². The van der Waals surface area contributed by atoms with Crippen molar-refractivity contribution in [2.45, 2.75) is 115 Å². The lowest BCUT2D eigenvalue weighted by Gasteiger charge is -2.39. The molecule has 1 heterocycles. The minimum atomic E-state index is -1.62. The summed E-state index contributed by atoms with van der Waals surface area (Å²) in [7, 11) is 0.